The van der Waals surface area contributed by atoms with E-state index in [-0.39, 0.29) is 5.54 Å². The molecule has 0 unspecified atom stereocenters. The minimum absolute atomic E-state index is 0.0793. The Bertz CT molecular complexity index is 383. The first kappa shape index (κ1) is 10.9. The van der Waals surface area contributed by atoms with E-state index in [1.54, 1.807) is 12.1 Å². The van der Waals surface area contributed by atoms with Gasteiger partial charge >= 0.3 is 0 Å². The summed E-state index contributed by atoms with van der Waals surface area (Å²) in [6, 6.07) is 3.39. The molecule has 16 heavy (non-hydrogen) atoms. The summed E-state index contributed by atoms with van der Waals surface area (Å²) in [7, 11) is 0. The molecule has 1 amide bonds. The number of nitrogens with zero attached hydrogens (tertiary/aromatic N) is 1. The van der Waals surface area contributed by atoms with Gasteiger partial charge < -0.3 is 16.8 Å². The lowest BCUT2D eigenvalue weighted by molar-refractivity contribution is 0.1000. The van der Waals surface area contributed by atoms with Crippen molar-refractivity contribution in [3.63, 3.8) is 0 Å². The average molecular weight is 220 g/mol. The zero-order valence-corrected chi connectivity index (χ0v) is 9.07. The minimum atomic E-state index is -0.465. The molecule has 5 nitrogen and oxygen atoms in total. The molecule has 0 atom stereocenters. The molecule has 1 heterocycles. The highest BCUT2D eigenvalue weighted by atomic mass is 16.1. The second-order valence-electron chi connectivity index (χ2n) is 4.37. The molecule has 1 fully saturated rings. The van der Waals surface area contributed by atoms with Crippen molar-refractivity contribution in [3.05, 3.63) is 23.9 Å². The first-order valence-corrected chi connectivity index (χ1v) is 5.38. The van der Waals surface area contributed by atoms with Crippen LogP contribution in [0.3, 0.4) is 0 Å². The largest absolute Gasteiger partial charge is 0.368 e. The molecule has 1 saturated carbocycles. The molecule has 0 radical (unpaired) electrons. The molecule has 1 aliphatic rings. The summed E-state index contributed by atoms with van der Waals surface area (Å²) in [6.07, 6.45) is 4.78. The van der Waals surface area contributed by atoms with Crippen LogP contribution < -0.4 is 16.8 Å². The van der Waals surface area contributed by atoms with Crippen molar-refractivity contribution in [1.82, 2.24) is 4.98 Å². The van der Waals surface area contributed by atoms with Crippen LogP contribution in [0.2, 0.25) is 0 Å². The molecule has 0 aromatic carbocycles. The van der Waals surface area contributed by atoms with Crippen LogP contribution in [-0.2, 0) is 0 Å². The number of hydrogen-bond acceptors (Lipinski definition) is 4. The van der Waals surface area contributed by atoms with E-state index in [0.717, 1.165) is 25.2 Å². The van der Waals surface area contributed by atoms with Crippen molar-refractivity contribution in [2.75, 3.05) is 11.9 Å². The van der Waals surface area contributed by atoms with Gasteiger partial charge in [-0.05, 0) is 31.4 Å². The number of anilines is 1. The van der Waals surface area contributed by atoms with Crippen LogP contribution in [0.25, 0.3) is 0 Å². The molecule has 1 aromatic heterocycles. The third-order valence-corrected chi connectivity index (χ3v) is 3.02. The van der Waals surface area contributed by atoms with Crippen LogP contribution in [0.15, 0.2) is 18.3 Å². The molecular weight excluding hydrogens is 204 g/mol. The number of hydrogen-bond donors (Lipinski definition) is 3. The predicted octanol–water partition coefficient (Wildman–Crippen LogP) is 0.474. The predicted molar refractivity (Wildman–Crippen MR) is 62.0 cm³/mol. The lowest BCUT2D eigenvalue weighted by Gasteiger charge is -2.38. The van der Waals surface area contributed by atoms with E-state index in [2.05, 4.69) is 10.3 Å². The minimum Gasteiger partial charge on any atom is -0.368 e. The standard InChI is InChI=1S/C11H16N4O/c12-10(16)8-2-3-9(14-6-8)15-7-11(13)4-1-5-11/h2-3,6H,1,4-5,7,13H2,(H2,12,16)(H,14,15). The second kappa shape index (κ2) is 4.09. The summed E-state index contributed by atoms with van der Waals surface area (Å²) in [5.41, 5.74) is 11.5. The molecule has 86 valence electrons. The van der Waals surface area contributed by atoms with Crippen LogP contribution >= 0.6 is 0 Å². The molecule has 2 rings (SSSR count). The smallest absolute Gasteiger partial charge is 0.250 e. The van der Waals surface area contributed by atoms with Gasteiger partial charge in [-0.3, -0.25) is 4.79 Å². The number of nitrogens with two attached hydrogens (primary N) is 2. The SMILES string of the molecule is NC(=O)c1ccc(NCC2(N)CCC2)nc1. The molecule has 1 aromatic rings. The lowest BCUT2D eigenvalue weighted by Crippen LogP contribution is -2.52. The van der Waals surface area contributed by atoms with Crippen LogP contribution in [0.1, 0.15) is 29.6 Å². The molecule has 0 bridgehead atoms. The monoisotopic (exact) mass is 220 g/mol. The van der Waals surface area contributed by atoms with E-state index in [0.29, 0.717) is 5.56 Å². The number of carbonyl (C=O) groups excluding carboxylic acids is 1. The van der Waals surface area contributed by atoms with Crippen molar-refractivity contribution in [3.8, 4) is 0 Å². The lowest BCUT2D eigenvalue weighted by atomic mass is 9.78. The van der Waals surface area contributed by atoms with Crippen LogP contribution in [0.5, 0.6) is 0 Å². The zero-order chi connectivity index (χ0) is 11.6. The summed E-state index contributed by atoms with van der Waals surface area (Å²) in [6.45, 7) is 0.718. The third-order valence-electron chi connectivity index (χ3n) is 3.02. The Labute approximate surface area is 94.2 Å². The van der Waals surface area contributed by atoms with Crippen molar-refractivity contribution in [2.45, 2.75) is 24.8 Å². The van der Waals surface area contributed by atoms with Gasteiger partial charge in [-0.2, -0.15) is 0 Å². The third kappa shape index (κ3) is 2.30. The molecule has 0 aliphatic heterocycles. The number of aromatic nitrogens is 1. The molecular formula is C11H16N4O. The summed E-state index contributed by atoms with van der Waals surface area (Å²) in [5.74, 6) is 0.259. The van der Waals surface area contributed by atoms with Gasteiger partial charge in [-0.25, -0.2) is 4.98 Å². The van der Waals surface area contributed by atoms with E-state index < -0.39 is 5.91 Å². The summed E-state index contributed by atoms with van der Waals surface area (Å²) in [5, 5.41) is 3.17. The Balaban J connectivity index is 1.92. The molecule has 5 N–H and O–H groups in total. The van der Waals surface area contributed by atoms with Gasteiger partial charge in [0.2, 0.25) is 5.91 Å². The van der Waals surface area contributed by atoms with Crippen LogP contribution in [0.4, 0.5) is 5.82 Å². The zero-order valence-electron chi connectivity index (χ0n) is 9.07. The highest BCUT2D eigenvalue weighted by molar-refractivity contribution is 5.92. The van der Waals surface area contributed by atoms with Crippen LogP contribution in [0, 0.1) is 0 Å². The average Bonchev–Trinajstić information content (AvgIpc) is 2.24. The Morgan fingerprint density at radius 1 is 1.50 bits per heavy atom. The molecule has 5 heteroatoms. The van der Waals surface area contributed by atoms with Crippen molar-refractivity contribution >= 4 is 11.7 Å². The Hall–Kier alpha value is -1.62. The van der Waals surface area contributed by atoms with E-state index in [9.17, 15) is 4.79 Å². The van der Waals surface area contributed by atoms with Gasteiger partial charge in [0.05, 0.1) is 5.56 Å². The first-order chi connectivity index (χ1) is 7.59. The van der Waals surface area contributed by atoms with E-state index >= 15 is 0 Å². The second-order valence-corrected chi connectivity index (χ2v) is 4.37. The fourth-order valence-electron chi connectivity index (χ4n) is 1.72. The van der Waals surface area contributed by atoms with E-state index in [1.165, 1.54) is 12.6 Å². The normalized spacial score (nSPS) is 17.6. The Morgan fingerprint density at radius 2 is 2.25 bits per heavy atom. The highest BCUT2D eigenvalue weighted by Gasteiger charge is 2.32. The van der Waals surface area contributed by atoms with Gasteiger partial charge in [-0.1, -0.05) is 0 Å². The highest BCUT2D eigenvalue weighted by Crippen LogP contribution is 2.28. The Kier molecular flexibility index (Phi) is 2.78. The van der Waals surface area contributed by atoms with Crippen molar-refractivity contribution < 1.29 is 4.79 Å². The summed E-state index contributed by atoms with van der Waals surface area (Å²) in [4.78, 5) is 14.9. The fraction of sp³-hybridized carbons (Fsp3) is 0.455. The number of pyridine rings is 1. The fourth-order valence-corrected chi connectivity index (χ4v) is 1.72. The van der Waals surface area contributed by atoms with Crippen molar-refractivity contribution in [2.24, 2.45) is 11.5 Å². The van der Waals surface area contributed by atoms with Gasteiger partial charge in [-0.15, -0.1) is 0 Å². The molecule has 0 spiro atoms. The maximum atomic E-state index is 10.8. The molecule has 0 saturated heterocycles. The number of nitrogens with one attached hydrogen (secondary N) is 1. The van der Waals surface area contributed by atoms with E-state index in [1.807, 2.05) is 0 Å². The maximum Gasteiger partial charge on any atom is 0.250 e. The topological polar surface area (TPSA) is 94.0 Å². The first-order valence-electron chi connectivity index (χ1n) is 5.38. The number of carbonyl (C=O) groups is 1. The number of rotatable bonds is 4. The van der Waals surface area contributed by atoms with Gasteiger partial charge in [0.15, 0.2) is 0 Å². The maximum absolute atomic E-state index is 10.8. The van der Waals surface area contributed by atoms with Gasteiger partial charge in [0.1, 0.15) is 5.82 Å². The molecule has 1 aliphatic carbocycles. The van der Waals surface area contributed by atoms with Crippen LogP contribution in [-0.4, -0.2) is 23.0 Å². The number of amides is 1. The van der Waals surface area contributed by atoms with Crippen molar-refractivity contribution in [1.29, 1.82) is 0 Å². The van der Waals surface area contributed by atoms with E-state index in [4.69, 9.17) is 11.5 Å². The summed E-state index contributed by atoms with van der Waals surface area (Å²) < 4.78 is 0. The number of primary amides is 1. The quantitative estimate of drug-likeness (QED) is 0.687. The Morgan fingerprint density at radius 3 is 2.69 bits per heavy atom. The van der Waals surface area contributed by atoms with Gasteiger partial charge in [0.25, 0.3) is 0 Å². The summed E-state index contributed by atoms with van der Waals surface area (Å²) >= 11 is 0. The van der Waals surface area contributed by atoms with Gasteiger partial charge in [0, 0.05) is 18.3 Å².